The SMILES string of the molecule is CCCC1NC2(CC2)C(=O)N1CC1(C)CCCO1. The number of ether oxygens (including phenoxy) is 1. The van der Waals surface area contributed by atoms with Crippen LogP contribution < -0.4 is 5.32 Å². The molecule has 0 aromatic heterocycles. The largest absolute Gasteiger partial charge is 0.373 e. The molecule has 2 saturated heterocycles. The minimum absolute atomic E-state index is 0.121. The first-order valence-corrected chi connectivity index (χ1v) is 7.31. The number of nitrogens with one attached hydrogen (secondary N) is 1. The molecule has 18 heavy (non-hydrogen) atoms. The van der Waals surface area contributed by atoms with Crippen molar-refractivity contribution in [3.05, 3.63) is 0 Å². The van der Waals surface area contributed by atoms with Crippen molar-refractivity contribution >= 4 is 5.91 Å². The fourth-order valence-corrected chi connectivity index (χ4v) is 3.36. The van der Waals surface area contributed by atoms with Gasteiger partial charge in [0.2, 0.25) is 5.91 Å². The lowest BCUT2D eigenvalue weighted by molar-refractivity contribution is -0.134. The fourth-order valence-electron chi connectivity index (χ4n) is 3.36. The Hall–Kier alpha value is -0.610. The summed E-state index contributed by atoms with van der Waals surface area (Å²) in [5.74, 6) is 0.317. The molecule has 2 aliphatic heterocycles. The second-order valence-electron chi connectivity index (χ2n) is 6.37. The molecule has 3 aliphatic rings. The van der Waals surface area contributed by atoms with Gasteiger partial charge in [0, 0.05) is 6.61 Å². The van der Waals surface area contributed by atoms with Gasteiger partial charge in [-0.3, -0.25) is 10.1 Å². The smallest absolute Gasteiger partial charge is 0.244 e. The van der Waals surface area contributed by atoms with Gasteiger partial charge < -0.3 is 9.64 Å². The van der Waals surface area contributed by atoms with Gasteiger partial charge in [0.1, 0.15) is 0 Å². The molecule has 2 unspecified atom stereocenters. The summed E-state index contributed by atoms with van der Waals surface area (Å²) in [6.45, 7) is 5.92. The molecule has 1 N–H and O–H groups in total. The minimum Gasteiger partial charge on any atom is -0.373 e. The van der Waals surface area contributed by atoms with E-state index in [-0.39, 0.29) is 17.3 Å². The van der Waals surface area contributed by atoms with E-state index >= 15 is 0 Å². The molecule has 0 bridgehead atoms. The van der Waals surface area contributed by atoms with Gasteiger partial charge in [0.15, 0.2) is 0 Å². The zero-order chi connectivity index (χ0) is 12.8. The Morgan fingerprint density at radius 2 is 2.22 bits per heavy atom. The topological polar surface area (TPSA) is 41.6 Å². The molecule has 0 aromatic rings. The number of amides is 1. The summed E-state index contributed by atoms with van der Waals surface area (Å²) in [5.41, 5.74) is -0.307. The average molecular weight is 252 g/mol. The van der Waals surface area contributed by atoms with E-state index in [1.165, 1.54) is 0 Å². The summed E-state index contributed by atoms with van der Waals surface area (Å²) in [6.07, 6.45) is 6.60. The predicted molar refractivity (Wildman–Crippen MR) is 69.1 cm³/mol. The highest BCUT2D eigenvalue weighted by atomic mass is 16.5. The Kier molecular flexibility index (Phi) is 2.90. The van der Waals surface area contributed by atoms with Crippen molar-refractivity contribution in [3.63, 3.8) is 0 Å². The molecule has 0 aromatic carbocycles. The molecule has 1 saturated carbocycles. The fraction of sp³-hybridized carbons (Fsp3) is 0.929. The van der Waals surface area contributed by atoms with Crippen molar-refractivity contribution in [2.45, 2.75) is 69.7 Å². The molecule has 1 spiro atoms. The van der Waals surface area contributed by atoms with E-state index in [4.69, 9.17) is 4.74 Å². The number of nitrogens with zero attached hydrogens (tertiary/aromatic N) is 1. The Labute approximate surface area is 109 Å². The highest BCUT2D eigenvalue weighted by molar-refractivity contribution is 5.91. The highest BCUT2D eigenvalue weighted by Gasteiger charge is 2.59. The quantitative estimate of drug-likeness (QED) is 0.827. The maximum atomic E-state index is 12.5. The van der Waals surface area contributed by atoms with Crippen LogP contribution in [0.3, 0.4) is 0 Å². The second kappa shape index (κ2) is 4.20. The van der Waals surface area contributed by atoms with E-state index in [0.717, 1.165) is 51.7 Å². The van der Waals surface area contributed by atoms with Crippen molar-refractivity contribution in [3.8, 4) is 0 Å². The van der Waals surface area contributed by atoms with Gasteiger partial charge in [-0.1, -0.05) is 13.3 Å². The van der Waals surface area contributed by atoms with Crippen molar-refractivity contribution in [2.24, 2.45) is 0 Å². The lowest BCUT2D eigenvalue weighted by Gasteiger charge is -2.32. The molecule has 4 nitrogen and oxygen atoms in total. The molecular formula is C14H24N2O2. The zero-order valence-electron chi connectivity index (χ0n) is 11.5. The van der Waals surface area contributed by atoms with Gasteiger partial charge in [-0.05, 0) is 39.0 Å². The predicted octanol–water partition coefficient (Wildman–Crippen LogP) is 1.65. The third-order valence-electron chi connectivity index (χ3n) is 4.61. The monoisotopic (exact) mass is 252 g/mol. The van der Waals surface area contributed by atoms with Crippen LogP contribution in [0.2, 0.25) is 0 Å². The Morgan fingerprint density at radius 3 is 2.78 bits per heavy atom. The summed E-state index contributed by atoms with van der Waals surface area (Å²) in [6, 6.07) is 0. The molecule has 4 heteroatoms. The van der Waals surface area contributed by atoms with Crippen LogP contribution in [0, 0.1) is 0 Å². The molecule has 3 rings (SSSR count). The van der Waals surface area contributed by atoms with Crippen LogP contribution in [0.1, 0.15) is 52.4 Å². The number of hydrogen-bond donors (Lipinski definition) is 1. The van der Waals surface area contributed by atoms with Gasteiger partial charge in [-0.25, -0.2) is 0 Å². The van der Waals surface area contributed by atoms with Crippen LogP contribution in [-0.2, 0) is 9.53 Å². The van der Waals surface area contributed by atoms with Gasteiger partial charge in [-0.2, -0.15) is 0 Å². The Morgan fingerprint density at radius 1 is 1.44 bits per heavy atom. The van der Waals surface area contributed by atoms with Crippen LogP contribution in [0.25, 0.3) is 0 Å². The van der Waals surface area contributed by atoms with E-state index < -0.39 is 0 Å². The molecule has 1 amide bonds. The summed E-state index contributed by atoms with van der Waals surface area (Å²) < 4.78 is 5.84. The van der Waals surface area contributed by atoms with E-state index in [0.29, 0.717) is 5.91 Å². The summed E-state index contributed by atoms with van der Waals surface area (Å²) in [5, 5.41) is 3.55. The third-order valence-corrected chi connectivity index (χ3v) is 4.61. The van der Waals surface area contributed by atoms with Crippen LogP contribution >= 0.6 is 0 Å². The number of hydrogen-bond acceptors (Lipinski definition) is 3. The standard InChI is InChI=1S/C14H24N2O2/c1-3-5-11-15-14(7-8-14)12(17)16(11)10-13(2)6-4-9-18-13/h11,15H,3-10H2,1-2H3. The maximum absolute atomic E-state index is 12.5. The lowest BCUT2D eigenvalue weighted by atomic mass is 10.0. The van der Waals surface area contributed by atoms with Crippen LogP contribution in [0.5, 0.6) is 0 Å². The van der Waals surface area contributed by atoms with Gasteiger partial charge in [0.25, 0.3) is 0 Å². The van der Waals surface area contributed by atoms with E-state index in [1.54, 1.807) is 0 Å². The first kappa shape index (κ1) is 12.4. The number of rotatable bonds is 4. The zero-order valence-corrected chi connectivity index (χ0v) is 11.5. The van der Waals surface area contributed by atoms with Gasteiger partial charge in [-0.15, -0.1) is 0 Å². The normalized spacial score (nSPS) is 37.8. The minimum atomic E-state index is -0.186. The molecule has 2 atom stereocenters. The van der Waals surface area contributed by atoms with Crippen LogP contribution in [0.15, 0.2) is 0 Å². The van der Waals surface area contributed by atoms with Crippen LogP contribution in [-0.4, -0.2) is 41.3 Å². The van der Waals surface area contributed by atoms with Crippen molar-refractivity contribution in [1.82, 2.24) is 10.2 Å². The van der Waals surface area contributed by atoms with E-state index in [9.17, 15) is 4.79 Å². The molecular weight excluding hydrogens is 228 g/mol. The average Bonchev–Trinajstić information content (AvgIpc) is 2.93. The first-order chi connectivity index (χ1) is 8.59. The summed E-state index contributed by atoms with van der Waals surface area (Å²) in [7, 11) is 0. The second-order valence-corrected chi connectivity index (χ2v) is 6.37. The van der Waals surface area contributed by atoms with E-state index in [1.807, 2.05) is 0 Å². The molecule has 3 fully saturated rings. The van der Waals surface area contributed by atoms with Gasteiger partial charge >= 0.3 is 0 Å². The molecule has 0 radical (unpaired) electrons. The molecule has 2 heterocycles. The maximum Gasteiger partial charge on any atom is 0.244 e. The lowest BCUT2D eigenvalue weighted by Crippen LogP contribution is -2.46. The van der Waals surface area contributed by atoms with Gasteiger partial charge in [0.05, 0.1) is 23.9 Å². The molecule has 102 valence electrons. The van der Waals surface area contributed by atoms with Crippen molar-refractivity contribution in [1.29, 1.82) is 0 Å². The van der Waals surface area contributed by atoms with Crippen molar-refractivity contribution in [2.75, 3.05) is 13.2 Å². The number of carbonyl (C=O) groups is 1. The Balaban J connectivity index is 1.73. The summed E-state index contributed by atoms with van der Waals surface area (Å²) in [4.78, 5) is 14.6. The van der Waals surface area contributed by atoms with E-state index in [2.05, 4.69) is 24.1 Å². The number of carbonyl (C=O) groups excluding carboxylic acids is 1. The molecule has 1 aliphatic carbocycles. The van der Waals surface area contributed by atoms with Crippen molar-refractivity contribution < 1.29 is 9.53 Å². The third kappa shape index (κ3) is 1.95. The summed E-state index contributed by atoms with van der Waals surface area (Å²) >= 11 is 0. The van der Waals surface area contributed by atoms with Crippen LogP contribution in [0.4, 0.5) is 0 Å². The highest BCUT2D eigenvalue weighted by Crippen LogP contribution is 2.43. The first-order valence-electron chi connectivity index (χ1n) is 7.31. The Bertz CT molecular complexity index is 346.